The number of hydrogen-bond donors (Lipinski definition) is 2. The van der Waals surface area contributed by atoms with Gasteiger partial charge in [0.2, 0.25) is 6.41 Å². The van der Waals surface area contributed by atoms with Gasteiger partial charge in [0.25, 0.3) is 0 Å². The van der Waals surface area contributed by atoms with Crippen LogP contribution >= 0.6 is 0 Å². The normalized spacial score (nSPS) is 10.1. The van der Waals surface area contributed by atoms with Crippen molar-refractivity contribution in [2.45, 2.75) is 26.7 Å². The van der Waals surface area contributed by atoms with Gasteiger partial charge in [0.15, 0.2) is 0 Å². The molecule has 0 aromatic rings. The maximum absolute atomic E-state index is 11.5. The number of hydrogen-bond acceptors (Lipinski definition) is 4. The molecule has 3 N–H and O–H groups in total. The monoisotopic (exact) mass is 243 g/mol. The van der Waals surface area contributed by atoms with Crippen molar-refractivity contribution in [3.63, 3.8) is 0 Å². The highest BCUT2D eigenvalue weighted by Crippen LogP contribution is 1.96. The second kappa shape index (κ2) is 8.69. The Morgan fingerprint density at radius 3 is 2.53 bits per heavy atom. The van der Waals surface area contributed by atoms with Gasteiger partial charge in [-0.05, 0) is 25.3 Å². The third-order valence-electron chi connectivity index (χ3n) is 2.19. The Morgan fingerprint density at radius 1 is 1.41 bits per heavy atom. The summed E-state index contributed by atoms with van der Waals surface area (Å²) in [6.45, 7) is 5.02. The predicted molar refractivity (Wildman–Crippen MR) is 63.9 cm³/mol. The van der Waals surface area contributed by atoms with Crippen LogP contribution in [-0.2, 0) is 14.4 Å². The Morgan fingerprint density at radius 2 is 2.06 bits per heavy atom. The van der Waals surface area contributed by atoms with Crippen molar-refractivity contribution < 1.29 is 14.4 Å². The molecule has 0 atom stereocenters. The van der Waals surface area contributed by atoms with Crippen molar-refractivity contribution in [1.29, 1.82) is 0 Å². The first-order chi connectivity index (χ1) is 8.02. The van der Waals surface area contributed by atoms with Crippen LogP contribution in [0.25, 0.3) is 0 Å². The van der Waals surface area contributed by atoms with E-state index in [1.54, 1.807) is 0 Å². The molecule has 0 aliphatic heterocycles. The molecule has 0 aromatic carbocycles. The molecule has 0 aliphatic rings. The largest absolute Gasteiger partial charge is 0.348 e. The van der Waals surface area contributed by atoms with Gasteiger partial charge in [-0.25, -0.2) is 0 Å². The Hall–Kier alpha value is -1.43. The highest BCUT2D eigenvalue weighted by atomic mass is 16.2. The number of nitrogens with zero attached hydrogens (tertiary/aromatic N) is 1. The Balaban J connectivity index is 4.08. The Bertz CT molecular complexity index is 267. The van der Waals surface area contributed by atoms with Gasteiger partial charge < -0.3 is 11.1 Å². The summed E-state index contributed by atoms with van der Waals surface area (Å²) >= 11 is 0. The highest BCUT2D eigenvalue weighted by molar-refractivity contribution is 6.36. The maximum Gasteiger partial charge on any atom is 0.318 e. The molecular weight excluding hydrogens is 222 g/mol. The summed E-state index contributed by atoms with van der Waals surface area (Å²) in [6.07, 6.45) is 1.65. The lowest BCUT2D eigenvalue weighted by atomic mass is 10.1. The fourth-order valence-electron chi connectivity index (χ4n) is 1.14. The molecule has 0 aromatic heterocycles. The summed E-state index contributed by atoms with van der Waals surface area (Å²) in [7, 11) is 0. The highest BCUT2D eigenvalue weighted by Gasteiger charge is 2.20. The smallest absolute Gasteiger partial charge is 0.318 e. The molecular formula is C11H21N3O3. The van der Waals surface area contributed by atoms with Crippen molar-refractivity contribution in [1.82, 2.24) is 10.2 Å². The van der Waals surface area contributed by atoms with Crippen LogP contribution in [-0.4, -0.2) is 42.8 Å². The van der Waals surface area contributed by atoms with Gasteiger partial charge in [0.1, 0.15) is 0 Å². The molecule has 0 aliphatic carbocycles. The minimum Gasteiger partial charge on any atom is -0.348 e. The van der Waals surface area contributed by atoms with Crippen LogP contribution in [0.1, 0.15) is 26.7 Å². The van der Waals surface area contributed by atoms with Crippen LogP contribution < -0.4 is 11.1 Å². The van der Waals surface area contributed by atoms with Gasteiger partial charge in [-0.3, -0.25) is 19.3 Å². The molecule has 0 spiro atoms. The summed E-state index contributed by atoms with van der Waals surface area (Å²) in [5.74, 6) is -1.11. The quantitative estimate of drug-likeness (QED) is 0.465. The van der Waals surface area contributed by atoms with E-state index in [0.717, 1.165) is 11.3 Å². The van der Waals surface area contributed by atoms with Crippen LogP contribution in [0.4, 0.5) is 0 Å². The first-order valence-corrected chi connectivity index (χ1v) is 5.77. The van der Waals surface area contributed by atoms with Crippen LogP contribution in [0, 0.1) is 5.92 Å². The molecule has 98 valence electrons. The molecule has 6 nitrogen and oxygen atoms in total. The van der Waals surface area contributed by atoms with Gasteiger partial charge >= 0.3 is 11.8 Å². The summed E-state index contributed by atoms with van der Waals surface area (Å²) in [5, 5.41) is 2.48. The zero-order valence-electron chi connectivity index (χ0n) is 10.4. The molecule has 0 heterocycles. The van der Waals surface area contributed by atoms with Gasteiger partial charge in [-0.15, -0.1) is 0 Å². The van der Waals surface area contributed by atoms with E-state index in [2.05, 4.69) is 5.32 Å². The standard InChI is InChI=1S/C11H21N3O3/c1-9(2)4-6-13-10(16)11(17)14(8-15)7-3-5-12/h8-9H,3-7,12H2,1-2H3,(H,13,16). The number of nitrogens with one attached hydrogen (secondary N) is 1. The fraction of sp³-hybridized carbons (Fsp3) is 0.727. The molecule has 0 saturated heterocycles. The number of carbonyl (C=O) groups is 3. The van der Waals surface area contributed by atoms with E-state index in [1.165, 1.54) is 0 Å². The first kappa shape index (κ1) is 15.6. The van der Waals surface area contributed by atoms with Crippen LogP contribution in [0.15, 0.2) is 0 Å². The van der Waals surface area contributed by atoms with Crippen molar-refractivity contribution >= 4 is 18.2 Å². The molecule has 0 rings (SSSR count). The van der Waals surface area contributed by atoms with Gasteiger partial charge in [-0.2, -0.15) is 0 Å². The number of imide groups is 1. The Labute approximate surface area is 102 Å². The van der Waals surface area contributed by atoms with Gasteiger partial charge in [0, 0.05) is 13.1 Å². The number of carbonyl (C=O) groups excluding carboxylic acids is 3. The van der Waals surface area contributed by atoms with E-state index >= 15 is 0 Å². The van der Waals surface area contributed by atoms with E-state index in [1.807, 2.05) is 13.8 Å². The average Bonchev–Trinajstić information content (AvgIpc) is 2.29. The van der Waals surface area contributed by atoms with Crippen LogP contribution in [0.2, 0.25) is 0 Å². The Kier molecular flexibility index (Phi) is 7.96. The molecule has 0 fully saturated rings. The van der Waals surface area contributed by atoms with E-state index in [-0.39, 0.29) is 6.54 Å². The summed E-state index contributed by atoms with van der Waals surface area (Å²) in [4.78, 5) is 34.4. The predicted octanol–water partition coefficient (Wildman–Crippen LogP) is -0.517. The van der Waals surface area contributed by atoms with Crippen LogP contribution in [0.3, 0.4) is 0 Å². The maximum atomic E-state index is 11.5. The second-order valence-corrected chi connectivity index (χ2v) is 4.18. The SMILES string of the molecule is CC(C)CCNC(=O)C(=O)N(C=O)CCCN. The second-order valence-electron chi connectivity index (χ2n) is 4.18. The molecule has 0 saturated carbocycles. The van der Waals surface area contributed by atoms with Gasteiger partial charge in [-0.1, -0.05) is 13.8 Å². The number of amides is 3. The van der Waals surface area contributed by atoms with Crippen molar-refractivity contribution in [3.05, 3.63) is 0 Å². The van der Waals surface area contributed by atoms with Crippen LogP contribution in [0.5, 0.6) is 0 Å². The third kappa shape index (κ3) is 6.68. The van der Waals surface area contributed by atoms with Gasteiger partial charge in [0.05, 0.1) is 0 Å². The number of rotatable bonds is 7. The van der Waals surface area contributed by atoms with Crippen molar-refractivity contribution in [2.75, 3.05) is 19.6 Å². The molecule has 3 amide bonds. The summed E-state index contributed by atoms with van der Waals surface area (Å²) in [6, 6.07) is 0. The summed E-state index contributed by atoms with van der Waals surface area (Å²) in [5.41, 5.74) is 5.27. The molecule has 17 heavy (non-hydrogen) atoms. The third-order valence-corrected chi connectivity index (χ3v) is 2.19. The first-order valence-electron chi connectivity index (χ1n) is 5.77. The fourth-order valence-corrected chi connectivity index (χ4v) is 1.14. The zero-order chi connectivity index (χ0) is 13.3. The van der Waals surface area contributed by atoms with E-state index < -0.39 is 11.8 Å². The van der Waals surface area contributed by atoms with E-state index in [0.29, 0.717) is 31.8 Å². The zero-order valence-corrected chi connectivity index (χ0v) is 10.4. The average molecular weight is 243 g/mol. The van der Waals surface area contributed by atoms with E-state index in [4.69, 9.17) is 5.73 Å². The topological polar surface area (TPSA) is 92.5 Å². The molecule has 6 heteroatoms. The van der Waals surface area contributed by atoms with E-state index in [9.17, 15) is 14.4 Å². The minimum absolute atomic E-state index is 0.177. The lowest BCUT2D eigenvalue weighted by Gasteiger charge is -2.14. The van der Waals surface area contributed by atoms with Crippen molar-refractivity contribution in [3.8, 4) is 0 Å². The molecule has 0 bridgehead atoms. The minimum atomic E-state index is -0.822. The molecule has 0 radical (unpaired) electrons. The summed E-state index contributed by atoms with van der Waals surface area (Å²) < 4.78 is 0. The number of nitrogens with two attached hydrogens (primary N) is 1. The lowest BCUT2D eigenvalue weighted by Crippen LogP contribution is -2.43. The van der Waals surface area contributed by atoms with Crippen molar-refractivity contribution in [2.24, 2.45) is 11.7 Å². The molecule has 0 unspecified atom stereocenters. The lowest BCUT2D eigenvalue weighted by molar-refractivity contribution is -0.148.